The van der Waals surface area contributed by atoms with E-state index < -0.39 is 37.3 Å². The molecule has 1 aliphatic carbocycles. The van der Waals surface area contributed by atoms with Gasteiger partial charge in [-0.1, -0.05) is 0 Å². The van der Waals surface area contributed by atoms with Crippen LogP contribution in [0.1, 0.15) is 12.8 Å². The molecule has 0 heterocycles. The maximum Gasteiger partial charge on any atom is 0.406 e. The van der Waals surface area contributed by atoms with Crippen molar-refractivity contribution in [1.82, 2.24) is 9.80 Å². The van der Waals surface area contributed by atoms with Gasteiger partial charge in [0.25, 0.3) is 0 Å². The second-order valence-corrected chi connectivity index (χ2v) is 4.01. The number of carboxylic acid groups (broad SMARTS) is 1. The zero-order valence-corrected chi connectivity index (χ0v) is 9.20. The summed E-state index contributed by atoms with van der Waals surface area (Å²) in [5.41, 5.74) is 0. The van der Waals surface area contributed by atoms with Crippen LogP contribution in [0.5, 0.6) is 0 Å². The van der Waals surface area contributed by atoms with Gasteiger partial charge in [0, 0.05) is 13.1 Å². The number of likely N-dealkylation sites (N-methyl/N-ethyl adjacent to an activating group) is 1. The molecule has 1 aliphatic rings. The quantitative estimate of drug-likeness (QED) is 0.818. The van der Waals surface area contributed by atoms with Crippen LogP contribution in [0, 0.1) is 0 Å². The first-order valence-corrected chi connectivity index (χ1v) is 5.01. The van der Waals surface area contributed by atoms with E-state index >= 15 is 0 Å². The van der Waals surface area contributed by atoms with Gasteiger partial charge >= 0.3 is 18.2 Å². The number of carbonyl (C=O) groups excluding carboxylic acids is 1. The van der Waals surface area contributed by atoms with Gasteiger partial charge in [-0.25, -0.2) is 4.79 Å². The molecule has 0 spiro atoms. The number of rotatable bonds is 4. The molecular formula is C9H13F3N2O3. The number of alkyl halides is 3. The van der Waals surface area contributed by atoms with Gasteiger partial charge in [-0.2, -0.15) is 13.2 Å². The molecule has 98 valence electrons. The van der Waals surface area contributed by atoms with Gasteiger partial charge in [0.05, 0.1) is 0 Å². The van der Waals surface area contributed by atoms with E-state index in [1.165, 1.54) is 7.05 Å². The molecule has 5 nitrogen and oxygen atoms in total. The van der Waals surface area contributed by atoms with Gasteiger partial charge in [-0.15, -0.1) is 0 Å². The molecule has 1 saturated carbocycles. The number of carbonyl (C=O) groups is 2. The normalized spacial score (nSPS) is 15.5. The molecule has 8 heteroatoms. The molecule has 0 aliphatic heterocycles. The van der Waals surface area contributed by atoms with E-state index in [1.54, 1.807) is 0 Å². The minimum Gasteiger partial charge on any atom is -0.480 e. The molecule has 0 aromatic heterocycles. The SMILES string of the molecule is CN(CC(=O)O)C(=O)N(CC(F)(F)F)C1CC1. The first-order valence-electron chi connectivity index (χ1n) is 5.01. The van der Waals surface area contributed by atoms with E-state index in [4.69, 9.17) is 5.11 Å². The fourth-order valence-corrected chi connectivity index (χ4v) is 1.42. The topological polar surface area (TPSA) is 60.9 Å². The monoisotopic (exact) mass is 254 g/mol. The minimum absolute atomic E-state index is 0.416. The number of aliphatic carboxylic acids is 1. The van der Waals surface area contributed by atoms with Gasteiger partial charge in [-0.3, -0.25) is 4.79 Å². The molecule has 0 aromatic carbocycles. The number of amides is 2. The van der Waals surface area contributed by atoms with Crippen LogP contribution in [0.4, 0.5) is 18.0 Å². The largest absolute Gasteiger partial charge is 0.480 e. The zero-order chi connectivity index (χ0) is 13.2. The van der Waals surface area contributed by atoms with E-state index in [0.717, 1.165) is 4.90 Å². The number of urea groups is 1. The predicted octanol–water partition coefficient (Wildman–Crippen LogP) is 1.15. The Labute approximate surface area is 95.8 Å². The van der Waals surface area contributed by atoms with Crippen LogP contribution in [-0.4, -0.2) is 59.3 Å². The molecule has 17 heavy (non-hydrogen) atoms. The number of halogens is 3. The lowest BCUT2D eigenvalue weighted by Gasteiger charge is -2.28. The molecule has 0 saturated heterocycles. The summed E-state index contributed by atoms with van der Waals surface area (Å²) in [7, 11) is 1.17. The Morgan fingerprint density at radius 1 is 1.35 bits per heavy atom. The minimum atomic E-state index is -4.47. The van der Waals surface area contributed by atoms with Crippen LogP contribution in [0.3, 0.4) is 0 Å². The highest BCUT2D eigenvalue weighted by Gasteiger charge is 2.41. The Morgan fingerprint density at radius 2 is 1.88 bits per heavy atom. The van der Waals surface area contributed by atoms with Crippen molar-refractivity contribution >= 4 is 12.0 Å². The molecule has 2 amide bonds. The van der Waals surface area contributed by atoms with Crippen molar-refractivity contribution in [3.05, 3.63) is 0 Å². The lowest BCUT2D eigenvalue weighted by molar-refractivity contribution is -0.142. The van der Waals surface area contributed by atoms with Crippen molar-refractivity contribution in [2.45, 2.75) is 25.1 Å². The zero-order valence-electron chi connectivity index (χ0n) is 9.20. The van der Waals surface area contributed by atoms with Crippen molar-refractivity contribution in [2.24, 2.45) is 0 Å². The molecule has 1 fully saturated rings. The molecule has 1 N–H and O–H groups in total. The van der Waals surface area contributed by atoms with Crippen LogP contribution < -0.4 is 0 Å². The third kappa shape index (κ3) is 4.49. The number of nitrogens with zero attached hydrogens (tertiary/aromatic N) is 2. The Balaban J connectivity index is 2.63. The lowest BCUT2D eigenvalue weighted by Crippen LogP contribution is -2.48. The van der Waals surface area contributed by atoms with Crippen LogP contribution in [0.2, 0.25) is 0 Å². The molecule has 0 radical (unpaired) electrons. The third-order valence-electron chi connectivity index (χ3n) is 2.28. The van der Waals surface area contributed by atoms with E-state index in [-0.39, 0.29) is 0 Å². The van der Waals surface area contributed by atoms with Crippen LogP contribution in [-0.2, 0) is 4.79 Å². The van der Waals surface area contributed by atoms with Crippen molar-refractivity contribution in [2.75, 3.05) is 20.1 Å². The summed E-state index contributed by atoms with van der Waals surface area (Å²) >= 11 is 0. The van der Waals surface area contributed by atoms with Gasteiger partial charge in [0.15, 0.2) is 0 Å². The highest BCUT2D eigenvalue weighted by molar-refractivity contribution is 5.80. The first kappa shape index (κ1) is 13.6. The summed E-state index contributed by atoms with van der Waals surface area (Å²) in [4.78, 5) is 23.5. The Hall–Kier alpha value is -1.47. The van der Waals surface area contributed by atoms with Crippen molar-refractivity contribution in [1.29, 1.82) is 0 Å². The van der Waals surface area contributed by atoms with E-state index in [1.807, 2.05) is 0 Å². The number of carboxylic acids is 1. The average Bonchev–Trinajstić information content (AvgIpc) is 2.93. The summed E-state index contributed by atoms with van der Waals surface area (Å²) in [6.07, 6.45) is -3.41. The van der Waals surface area contributed by atoms with Crippen molar-refractivity contribution in [3.63, 3.8) is 0 Å². The molecule has 0 bridgehead atoms. The van der Waals surface area contributed by atoms with Crippen LogP contribution >= 0.6 is 0 Å². The Kier molecular flexibility index (Phi) is 3.84. The van der Waals surface area contributed by atoms with Gasteiger partial charge in [-0.05, 0) is 12.8 Å². The smallest absolute Gasteiger partial charge is 0.406 e. The second kappa shape index (κ2) is 4.80. The standard InChI is InChI=1S/C9H13F3N2O3/c1-13(4-7(15)16)8(17)14(6-2-3-6)5-9(10,11)12/h6H,2-5H2,1H3,(H,15,16). The molecule has 0 atom stereocenters. The maximum atomic E-state index is 12.3. The number of hydrogen-bond acceptors (Lipinski definition) is 2. The van der Waals surface area contributed by atoms with E-state index in [2.05, 4.69) is 0 Å². The van der Waals surface area contributed by atoms with Crippen molar-refractivity contribution in [3.8, 4) is 0 Å². The van der Waals surface area contributed by atoms with E-state index in [9.17, 15) is 22.8 Å². The highest BCUT2D eigenvalue weighted by Crippen LogP contribution is 2.30. The lowest BCUT2D eigenvalue weighted by atomic mass is 10.4. The summed E-state index contributed by atoms with van der Waals surface area (Å²) in [6.45, 7) is -1.94. The molecular weight excluding hydrogens is 241 g/mol. The van der Waals surface area contributed by atoms with Crippen LogP contribution in [0.15, 0.2) is 0 Å². The Bertz CT molecular complexity index is 315. The summed E-state index contributed by atoms with van der Waals surface area (Å²) in [5.74, 6) is -1.26. The highest BCUT2D eigenvalue weighted by atomic mass is 19.4. The fourth-order valence-electron chi connectivity index (χ4n) is 1.42. The van der Waals surface area contributed by atoms with Gasteiger partial charge in [0.1, 0.15) is 13.1 Å². The summed E-state index contributed by atoms with van der Waals surface area (Å²) in [6, 6.07) is -1.31. The average molecular weight is 254 g/mol. The van der Waals surface area contributed by atoms with Gasteiger partial charge in [0.2, 0.25) is 0 Å². The molecule has 0 aromatic rings. The van der Waals surface area contributed by atoms with E-state index in [0.29, 0.717) is 17.7 Å². The fraction of sp³-hybridized carbons (Fsp3) is 0.778. The summed E-state index contributed by atoms with van der Waals surface area (Å²) in [5, 5.41) is 8.47. The molecule has 0 unspecified atom stereocenters. The first-order chi connectivity index (χ1) is 7.70. The van der Waals surface area contributed by atoms with Crippen molar-refractivity contribution < 1.29 is 27.9 Å². The predicted molar refractivity (Wildman–Crippen MR) is 51.4 cm³/mol. The number of hydrogen-bond donors (Lipinski definition) is 1. The maximum absolute atomic E-state index is 12.3. The second-order valence-electron chi connectivity index (χ2n) is 4.01. The summed E-state index contributed by atoms with van der Waals surface area (Å²) < 4.78 is 36.8. The van der Waals surface area contributed by atoms with Gasteiger partial charge < -0.3 is 14.9 Å². The Morgan fingerprint density at radius 3 is 2.24 bits per heavy atom. The molecule has 1 rings (SSSR count). The third-order valence-corrected chi connectivity index (χ3v) is 2.28. The van der Waals surface area contributed by atoms with Crippen LogP contribution in [0.25, 0.3) is 0 Å².